The molecule has 1 aliphatic carbocycles. The van der Waals surface area contributed by atoms with Crippen LogP contribution in [0, 0.1) is 11.7 Å². The second kappa shape index (κ2) is 7.48. The van der Waals surface area contributed by atoms with E-state index < -0.39 is 17.4 Å². The monoisotopic (exact) mass is 437 g/mol. The largest absolute Gasteiger partial charge is 0.511 e. The highest BCUT2D eigenvalue weighted by molar-refractivity contribution is 5.94. The van der Waals surface area contributed by atoms with Crippen LogP contribution in [0.3, 0.4) is 0 Å². The first kappa shape index (κ1) is 20.5. The number of nitrogens with zero attached hydrogens (tertiary/aromatic N) is 3. The van der Waals surface area contributed by atoms with Gasteiger partial charge in [0.2, 0.25) is 5.43 Å². The Balaban J connectivity index is 0.00000218. The number of anilines is 1. The predicted octanol–water partition coefficient (Wildman–Crippen LogP) is 2.97. The molecule has 2 fully saturated rings. The highest BCUT2D eigenvalue weighted by Crippen LogP contribution is 2.46. The molecule has 3 aliphatic rings. The Morgan fingerprint density at radius 3 is 2.60 bits per heavy atom. The van der Waals surface area contributed by atoms with Gasteiger partial charge in [0, 0.05) is 38.3 Å². The molecule has 3 heterocycles. The number of rotatable bonds is 3. The molecule has 1 aromatic carbocycles. The quantitative estimate of drug-likeness (QED) is 0.739. The second-order valence-corrected chi connectivity index (χ2v) is 7.73. The number of halogens is 2. The Hall–Kier alpha value is -2.78. The molecule has 8 nitrogen and oxygen atoms in total. The van der Waals surface area contributed by atoms with E-state index in [4.69, 9.17) is 9.84 Å². The summed E-state index contributed by atoms with van der Waals surface area (Å²) in [6.07, 6.45) is 3.41. The first-order chi connectivity index (χ1) is 13.9. The van der Waals surface area contributed by atoms with Gasteiger partial charge in [-0.25, -0.2) is 9.18 Å². The van der Waals surface area contributed by atoms with E-state index in [0.717, 1.165) is 32.0 Å². The molecular weight excluding hydrogens is 417 g/mol. The maximum absolute atomic E-state index is 15.3. The van der Waals surface area contributed by atoms with Crippen molar-refractivity contribution in [2.24, 2.45) is 5.92 Å². The van der Waals surface area contributed by atoms with E-state index in [2.05, 4.69) is 9.64 Å². The van der Waals surface area contributed by atoms with Crippen molar-refractivity contribution in [2.75, 3.05) is 38.1 Å². The van der Waals surface area contributed by atoms with Crippen molar-refractivity contribution in [3.05, 3.63) is 34.1 Å². The first-order valence-electron chi connectivity index (χ1n) is 9.57. The van der Waals surface area contributed by atoms with E-state index in [9.17, 15) is 9.59 Å². The molecule has 2 aliphatic heterocycles. The summed E-state index contributed by atoms with van der Waals surface area (Å²) in [7, 11) is 2.02. The van der Waals surface area contributed by atoms with E-state index in [1.807, 2.05) is 11.9 Å². The van der Waals surface area contributed by atoms with Crippen LogP contribution in [0.1, 0.15) is 12.8 Å². The minimum Gasteiger partial charge on any atom is -0.455 e. The summed E-state index contributed by atoms with van der Waals surface area (Å²) in [5, 5.41) is 8.97. The molecule has 10 heteroatoms. The summed E-state index contributed by atoms with van der Waals surface area (Å²) < 4.78 is 27.7. The summed E-state index contributed by atoms with van der Waals surface area (Å²) in [5.41, 5.74) is 0.0833. The third kappa shape index (κ3) is 3.37. The molecular formula is C20H21ClFN3O5. The van der Waals surface area contributed by atoms with Gasteiger partial charge in [-0.1, -0.05) is 0 Å². The van der Waals surface area contributed by atoms with Crippen molar-refractivity contribution in [1.29, 1.82) is 0 Å². The molecule has 2 aromatic rings. The third-order valence-corrected chi connectivity index (χ3v) is 5.65. The average molecular weight is 438 g/mol. The van der Waals surface area contributed by atoms with Gasteiger partial charge in [0.05, 0.1) is 11.6 Å². The zero-order valence-corrected chi connectivity index (χ0v) is 17.1. The zero-order valence-electron chi connectivity index (χ0n) is 16.3. The van der Waals surface area contributed by atoms with Crippen LogP contribution in [0.4, 0.5) is 14.9 Å². The fraction of sp³-hybridized carbons (Fsp3) is 0.400. The number of likely N-dealkylation sites (N-methyl/N-ethyl adjacent to an activating group) is 1. The molecule has 0 spiro atoms. The lowest BCUT2D eigenvalue weighted by atomic mass is 10.1. The fourth-order valence-electron chi connectivity index (χ4n) is 3.95. The van der Waals surface area contributed by atoms with E-state index in [0.29, 0.717) is 35.8 Å². The summed E-state index contributed by atoms with van der Waals surface area (Å²) >= 11 is 0. The topological polar surface area (TPSA) is 84.2 Å². The Labute approximate surface area is 177 Å². The van der Waals surface area contributed by atoms with Gasteiger partial charge in [-0.05, 0) is 26.0 Å². The number of allylic oxidation sites excluding steroid dienone is 1. The molecule has 0 amide bonds. The van der Waals surface area contributed by atoms with Gasteiger partial charge in [0.15, 0.2) is 17.3 Å². The van der Waals surface area contributed by atoms with Crippen LogP contribution in [-0.4, -0.2) is 54.0 Å². The first-order valence-corrected chi connectivity index (χ1v) is 9.57. The highest BCUT2D eigenvalue weighted by Gasteiger charge is 2.34. The van der Waals surface area contributed by atoms with Crippen LogP contribution in [0.15, 0.2) is 22.8 Å². The normalized spacial score (nSPS) is 18.5. The van der Waals surface area contributed by atoms with E-state index in [1.54, 1.807) is 10.8 Å². The van der Waals surface area contributed by atoms with Crippen LogP contribution >= 0.6 is 12.4 Å². The van der Waals surface area contributed by atoms with Crippen LogP contribution in [0.25, 0.3) is 17.1 Å². The maximum Gasteiger partial charge on any atom is 0.511 e. The Morgan fingerprint density at radius 1 is 1.27 bits per heavy atom. The van der Waals surface area contributed by atoms with Gasteiger partial charge < -0.3 is 28.9 Å². The average Bonchev–Trinajstić information content (AvgIpc) is 3.51. The van der Waals surface area contributed by atoms with Crippen molar-refractivity contribution in [3.8, 4) is 11.5 Å². The van der Waals surface area contributed by atoms with Crippen molar-refractivity contribution >= 4 is 41.4 Å². The SMILES string of the molecule is CN1CCN(c2c(F)cc3c(=O)c(OC(=O)O)cn4c3c2OC(C2CC2)=C4)CC1.Cl. The number of hydrogen-bond acceptors (Lipinski definition) is 6. The number of carboxylic acid groups (broad SMARTS) is 1. The number of piperazine rings is 1. The second-order valence-electron chi connectivity index (χ2n) is 7.73. The number of aromatic nitrogens is 1. The predicted molar refractivity (Wildman–Crippen MR) is 111 cm³/mol. The minimum atomic E-state index is -1.59. The molecule has 0 bridgehead atoms. The molecule has 1 saturated carbocycles. The van der Waals surface area contributed by atoms with Gasteiger partial charge >= 0.3 is 6.16 Å². The number of hydrogen-bond donors (Lipinski definition) is 1. The van der Waals surface area contributed by atoms with Gasteiger partial charge in [0.1, 0.15) is 17.0 Å². The number of benzene rings is 1. The Morgan fingerprint density at radius 2 is 1.97 bits per heavy atom. The van der Waals surface area contributed by atoms with Crippen molar-refractivity contribution < 1.29 is 23.8 Å². The molecule has 0 radical (unpaired) electrons. The van der Waals surface area contributed by atoms with Crippen LogP contribution in [0.2, 0.25) is 0 Å². The van der Waals surface area contributed by atoms with Crippen molar-refractivity contribution in [1.82, 2.24) is 9.47 Å². The summed E-state index contributed by atoms with van der Waals surface area (Å²) in [6, 6.07) is 1.15. The Bertz CT molecular complexity index is 1120. The third-order valence-electron chi connectivity index (χ3n) is 5.65. The van der Waals surface area contributed by atoms with Crippen LogP contribution < -0.4 is 19.8 Å². The lowest BCUT2D eigenvalue weighted by molar-refractivity contribution is 0.144. The van der Waals surface area contributed by atoms with Gasteiger partial charge in [0.25, 0.3) is 0 Å². The van der Waals surface area contributed by atoms with Crippen molar-refractivity contribution in [3.63, 3.8) is 0 Å². The minimum absolute atomic E-state index is 0. The lowest BCUT2D eigenvalue weighted by Crippen LogP contribution is -2.45. The summed E-state index contributed by atoms with van der Waals surface area (Å²) in [4.78, 5) is 27.8. The molecule has 30 heavy (non-hydrogen) atoms. The Kier molecular flexibility index (Phi) is 5.11. The molecule has 1 N–H and O–H groups in total. The van der Waals surface area contributed by atoms with E-state index in [1.165, 1.54) is 6.20 Å². The molecule has 0 unspecified atom stereocenters. The van der Waals surface area contributed by atoms with Gasteiger partial charge in [-0.3, -0.25) is 4.79 Å². The highest BCUT2D eigenvalue weighted by atomic mass is 35.5. The summed E-state index contributed by atoms with van der Waals surface area (Å²) in [5.74, 6) is 0.309. The lowest BCUT2D eigenvalue weighted by Gasteiger charge is -2.36. The number of carbonyl (C=O) groups is 1. The standard InChI is InChI=1S/C20H20FN3O5.ClH/c1-22-4-6-23(7-5-22)17-13(21)8-12-16-19(17)28-14(11-2-3-11)9-24(16)10-15(18(12)25)29-20(26)27;/h8-11H,2-7H2,1H3,(H,26,27);1H. The number of ether oxygens (including phenoxy) is 2. The van der Waals surface area contributed by atoms with Crippen molar-refractivity contribution in [2.45, 2.75) is 12.8 Å². The zero-order chi connectivity index (χ0) is 20.3. The molecule has 1 aromatic heterocycles. The maximum atomic E-state index is 15.3. The fourth-order valence-corrected chi connectivity index (χ4v) is 3.95. The van der Waals surface area contributed by atoms with E-state index in [-0.39, 0.29) is 29.5 Å². The summed E-state index contributed by atoms with van der Waals surface area (Å²) in [6.45, 7) is 2.87. The molecule has 5 rings (SSSR count). The molecule has 1 saturated heterocycles. The van der Waals surface area contributed by atoms with Gasteiger partial charge in [-0.15, -0.1) is 12.4 Å². The molecule has 160 valence electrons. The van der Waals surface area contributed by atoms with Crippen LogP contribution in [0.5, 0.6) is 11.5 Å². The molecule has 0 atom stereocenters. The van der Waals surface area contributed by atoms with Gasteiger partial charge in [-0.2, -0.15) is 0 Å². The van der Waals surface area contributed by atoms with Crippen LogP contribution in [-0.2, 0) is 0 Å². The number of pyridine rings is 1. The smallest absolute Gasteiger partial charge is 0.455 e. The van der Waals surface area contributed by atoms with E-state index >= 15 is 4.39 Å².